The number of aromatic carboxylic acids is 1. The molecular formula is C30H34F6N2O6. The zero-order valence-corrected chi connectivity index (χ0v) is 23.7. The fourth-order valence-corrected chi connectivity index (χ4v) is 4.60. The lowest BCUT2D eigenvalue weighted by atomic mass is 10.0. The maximum absolute atomic E-state index is 11.0. The van der Waals surface area contributed by atoms with Crippen LogP contribution in [0, 0.1) is 5.92 Å². The molecule has 1 saturated carbocycles. The number of benzene rings is 2. The third kappa shape index (κ3) is 12.8. The number of halogens is 6. The molecule has 1 heterocycles. The first kappa shape index (κ1) is 36.3. The van der Waals surface area contributed by atoms with Gasteiger partial charge in [-0.25, -0.2) is 14.4 Å². The van der Waals surface area contributed by atoms with Crippen LogP contribution in [0.15, 0.2) is 60.2 Å². The molecule has 0 spiro atoms. The monoisotopic (exact) mass is 632 g/mol. The van der Waals surface area contributed by atoms with E-state index < -0.39 is 30.3 Å². The molecule has 242 valence electrons. The average Bonchev–Trinajstić information content (AvgIpc) is 3.72. The van der Waals surface area contributed by atoms with Crippen LogP contribution in [0.1, 0.15) is 54.1 Å². The van der Waals surface area contributed by atoms with E-state index in [0.717, 1.165) is 26.1 Å². The van der Waals surface area contributed by atoms with Crippen molar-refractivity contribution in [3.8, 4) is 0 Å². The number of aliphatic carboxylic acids is 2. The fraction of sp³-hybridized carbons (Fsp3) is 0.433. The van der Waals surface area contributed by atoms with Crippen LogP contribution in [0.4, 0.5) is 26.3 Å². The van der Waals surface area contributed by atoms with Crippen LogP contribution in [0.5, 0.6) is 0 Å². The number of carboxylic acid groups (broad SMARTS) is 3. The highest BCUT2D eigenvalue weighted by atomic mass is 19.4. The molecule has 2 aliphatic rings. The summed E-state index contributed by atoms with van der Waals surface area (Å²) in [6.07, 6.45) is -3.04. The van der Waals surface area contributed by atoms with Crippen molar-refractivity contribution in [1.82, 2.24) is 10.2 Å². The Balaban J connectivity index is 0.000000402. The van der Waals surface area contributed by atoms with Crippen molar-refractivity contribution in [3.63, 3.8) is 0 Å². The number of alkyl halides is 6. The predicted octanol–water partition coefficient (Wildman–Crippen LogP) is 6.09. The third-order valence-electron chi connectivity index (χ3n) is 6.96. The molecule has 8 nitrogen and oxygen atoms in total. The van der Waals surface area contributed by atoms with E-state index in [1.807, 2.05) is 12.1 Å². The molecule has 44 heavy (non-hydrogen) atoms. The SMILES string of the molecule is CC/C(=C\c1ccccc1)[C@@H]1C[C@H]1NC1CCN(Cc2ccc(C(=O)O)cc2)CC1.O=C(O)C(F)(F)F.O=C(O)C(F)(F)F. The van der Waals surface area contributed by atoms with Crippen molar-refractivity contribution in [2.75, 3.05) is 13.1 Å². The summed E-state index contributed by atoms with van der Waals surface area (Å²) >= 11 is 0. The van der Waals surface area contributed by atoms with Crippen molar-refractivity contribution in [2.45, 2.75) is 63.6 Å². The molecule has 2 atom stereocenters. The summed E-state index contributed by atoms with van der Waals surface area (Å²) in [4.78, 5) is 31.3. The van der Waals surface area contributed by atoms with E-state index in [4.69, 9.17) is 24.9 Å². The number of hydrogen-bond acceptors (Lipinski definition) is 5. The van der Waals surface area contributed by atoms with Gasteiger partial charge in [0.25, 0.3) is 0 Å². The fourth-order valence-electron chi connectivity index (χ4n) is 4.60. The highest BCUT2D eigenvalue weighted by Gasteiger charge is 2.41. The highest BCUT2D eigenvalue weighted by molar-refractivity contribution is 5.87. The number of likely N-dealkylation sites (tertiary alicyclic amines) is 1. The zero-order valence-electron chi connectivity index (χ0n) is 23.7. The van der Waals surface area contributed by atoms with Crippen LogP contribution in [0.25, 0.3) is 6.08 Å². The minimum Gasteiger partial charge on any atom is -0.478 e. The van der Waals surface area contributed by atoms with Gasteiger partial charge in [-0.05, 0) is 68.0 Å². The van der Waals surface area contributed by atoms with Crippen molar-refractivity contribution >= 4 is 24.0 Å². The number of carboxylic acids is 3. The summed E-state index contributed by atoms with van der Waals surface area (Å²) in [5.74, 6) is -5.68. The van der Waals surface area contributed by atoms with Gasteiger partial charge >= 0.3 is 30.3 Å². The van der Waals surface area contributed by atoms with Gasteiger partial charge in [0.15, 0.2) is 0 Å². The Morgan fingerprint density at radius 1 is 0.864 bits per heavy atom. The van der Waals surface area contributed by atoms with Crippen LogP contribution < -0.4 is 5.32 Å². The lowest BCUT2D eigenvalue weighted by molar-refractivity contribution is -0.193. The summed E-state index contributed by atoms with van der Waals surface area (Å²) in [7, 11) is 0. The molecule has 4 rings (SSSR count). The van der Waals surface area contributed by atoms with Crippen LogP contribution in [-0.2, 0) is 16.1 Å². The quantitative estimate of drug-likeness (QED) is 0.258. The van der Waals surface area contributed by atoms with Gasteiger partial charge in [0.05, 0.1) is 5.56 Å². The molecule has 0 aromatic heterocycles. The van der Waals surface area contributed by atoms with Gasteiger partial charge in [-0.15, -0.1) is 0 Å². The first-order valence-electron chi connectivity index (χ1n) is 13.7. The summed E-state index contributed by atoms with van der Waals surface area (Å²) in [5, 5.41) is 27.2. The molecule has 14 heteroatoms. The van der Waals surface area contributed by atoms with E-state index in [-0.39, 0.29) is 0 Å². The summed E-state index contributed by atoms with van der Waals surface area (Å²) < 4.78 is 63.5. The van der Waals surface area contributed by atoms with Gasteiger partial charge in [-0.1, -0.05) is 61.0 Å². The Bertz CT molecular complexity index is 1230. The topological polar surface area (TPSA) is 127 Å². The van der Waals surface area contributed by atoms with E-state index in [9.17, 15) is 31.1 Å². The number of carbonyl (C=O) groups is 3. The highest BCUT2D eigenvalue weighted by Crippen LogP contribution is 2.40. The molecule has 2 aromatic rings. The molecule has 2 aromatic carbocycles. The molecular weight excluding hydrogens is 598 g/mol. The molecule has 1 aliphatic heterocycles. The Labute approximate surface area is 250 Å². The standard InChI is InChI=1S/C26H32N2O2.2C2HF3O2/c1-2-21(16-19-6-4-3-5-7-19)24-17-25(24)27-23-12-14-28(15-13-23)18-20-8-10-22(11-9-20)26(29)30;2*3-2(4,5)1(6)7/h3-11,16,23-25,27H,2,12-15,17-18H2,1H3,(H,29,30);2*(H,6,7)/b21-16+;;/t24-,25+;;/m0../s1. The van der Waals surface area contributed by atoms with E-state index in [1.165, 1.54) is 30.4 Å². The first-order valence-corrected chi connectivity index (χ1v) is 13.7. The molecule has 4 N–H and O–H groups in total. The maximum Gasteiger partial charge on any atom is 0.490 e. The maximum atomic E-state index is 11.0. The summed E-state index contributed by atoms with van der Waals surface area (Å²) in [5.41, 5.74) is 4.42. The smallest absolute Gasteiger partial charge is 0.478 e. The zero-order chi connectivity index (χ0) is 33.1. The lowest BCUT2D eigenvalue weighted by Crippen LogP contribution is -2.43. The van der Waals surface area contributed by atoms with Gasteiger partial charge in [0.1, 0.15) is 0 Å². The molecule has 2 fully saturated rings. The second-order valence-corrected chi connectivity index (χ2v) is 10.3. The number of piperidine rings is 1. The van der Waals surface area contributed by atoms with Crippen molar-refractivity contribution in [3.05, 3.63) is 76.9 Å². The van der Waals surface area contributed by atoms with Crippen LogP contribution in [0.3, 0.4) is 0 Å². The lowest BCUT2D eigenvalue weighted by Gasteiger charge is -2.32. The summed E-state index contributed by atoms with van der Waals surface area (Å²) in [6, 6.07) is 19.2. The van der Waals surface area contributed by atoms with Gasteiger partial charge < -0.3 is 20.6 Å². The minimum atomic E-state index is -5.08. The second kappa shape index (κ2) is 16.2. The van der Waals surface area contributed by atoms with E-state index in [1.54, 1.807) is 17.7 Å². The van der Waals surface area contributed by atoms with Crippen LogP contribution in [0.2, 0.25) is 0 Å². The average molecular weight is 633 g/mol. The van der Waals surface area contributed by atoms with E-state index in [2.05, 4.69) is 53.5 Å². The van der Waals surface area contributed by atoms with Crippen LogP contribution >= 0.6 is 0 Å². The Hall–Kier alpha value is -3.91. The number of hydrogen-bond donors (Lipinski definition) is 4. The molecule has 0 radical (unpaired) electrons. The van der Waals surface area contributed by atoms with Gasteiger partial charge in [-0.2, -0.15) is 26.3 Å². The second-order valence-electron chi connectivity index (χ2n) is 10.3. The van der Waals surface area contributed by atoms with Gasteiger partial charge in [0, 0.05) is 18.6 Å². The van der Waals surface area contributed by atoms with Gasteiger partial charge in [0.2, 0.25) is 0 Å². The first-order chi connectivity index (χ1) is 20.5. The van der Waals surface area contributed by atoms with Crippen molar-refractivity contribution in [1.29, 1.82) is 0 Å². The van der Waals surface area contributed by atoms with Gasteiger partial charge in [-0.3, -0.25) is 4.90 Å². The summed E-state index contributed by atoms with van der Waals surface area (Å²) in [6.45, 7) is 5.36. The number of nitrogens with one attached hydrogen (secondary N) is 1. The van der Waals surface area contributed by atoms with Crippen LogP contribution in [-0.4, -0.2) is 75.7 Å². The Morgan fingerprint density at radius 3 is 1.80 bits per heavy atom. The number of rotatable bonds is 8. The molecule has 1 aliphatic carbocycles. The molecule has 0 bridgehead atoms. The minimum absolute atomic E-state index is 0.355. The Morgan fingerprint density at radius 2 is 1.36 bits per heavy atom. The van der Waals surface area contributed by atoms with E-state index in [0.29, 0.717) is 23.6 Å². The Kier molecular flexibility index (Phi) is 13.4. The van der Waals surface area contributed by atoms with Crippen molar-refractivity contribution in [2.24, 2.45) is 5.92 Å². The molecule has 0 unspecified atom stereocenters. The van der Waals surface area contributed by atoms with Crippen molar-refractivity contribution < 1.29 is 56.0 Å². The predicted molar refractivity (Wildman–Crippen MR) is 149 cm³/mol. The normalized spacial score (nSPS) is 19.1. The third-order valence-corrected chi connectivity index (χ3v) is 6.96. The molecule has 0 amide bonds. The van der Waals surface area contributed by atoms with E-state index >= 15 is 0 Å². The number of nitrogens with zero attached hydrogens (tertiary/aromatic N) is 1. The molecule has 1 saturated heterocycles. The largest absolute Gasteiger partial charge is 0.490 e.